The summed E-state index contributed by atoms with van der Waals surface area (Å²) in [5, 5.41) is 0. The smallest absolute Gasteiger partial charge is 0.265 e. The van der Waals surface area contributed by atoms with Gasteiger partial charge in [-0.05, 0) is 37.8 Å². The molecule has 1 atom stereocenters. The summed E-state index contributed by atoms with van der Waals surface area (Å²) >= 11 is 0. The standard InChI is InChI=1S/C18H26N2O4S/c1-25(22,23)13-7-12-20-14-17(18(21)19-10-5-2-6-11-19)24-16-9-4-3-8-15(16)20/h3-4,8-9,17H,2,5-7,10-14H2,1H3. The van der Waals surface area contributed by atoms with E-state index >= 15 is 0 Å². The minimum atomic E-state index is -2.98. The molecule has 2 aliphatic heterocycles. The van der Waals surface area contributed by atoms with Crippen LogP contribution in [-0.4, -0.2) is 63.5 Å². The van der Waals surface area contributed by atoms with E-state index in [2.05, 4.69) is 4.90 Å². The molecule has 0 radical (unpaired) electrons. The Hall–Kier alpha value is -1.76. The molecule has 1 unspecified atom stereocenters. The van der Waals surface area contributed by atoms with Crippen LogP contribution in [0.15, 0.2) is 24.3 Å². The first-order valence-corrected chi connectivity index (χ1v) is 11.0. The Kier molecular flexibility index (Phi) is 5.51. The zero-order valence-corrected chi connectivity index (χ0v) is 15.5. The molecule has 0 N–H and O–H groups in total. The number of carbonyl (C=O) groups is 1. The van der Waals surface area contributed by atoms with E-state index in [1.165, 1.54) is 12.7 Å². The Labute approximate surface area is 149 Å². The summed E-state index contributed by atoms with van der Waals surface area (Å²) in [6.07, 6.45) is 4.54. The lowest BCUT2D eigenvalue weighted by Crippen LogP contribution is -2.51. The van der Waals surface area contributed by atoms with Crippen LogP contribution in [0.2, 0.25) is 0 Å². The second-order valence-corrected chi connectivity index (χ2v) is 9.15. The van der Waals surface area contributed by atoms with Crippen LogP contribution in [0.1, 0.15) is 25.7 Å². The van der Waals surface area contributed by atoms with Gasteiger partial charge in [-0.3, -0.25) is 4.79 Å². The SMILES string of the molecule is CS(=O)(=O)CCCN1CC(C(=O)N2CCCCC2)Oc2ccccc21. The highest BCUT2D eigenvalue weighted by atomic mass is 32.2. The fourth-order valence-electron chi connectivity index (χ4n) is 3.48. The Morgan fingerprint density at radius 1 is 1.20 bits per heavy atom. The van der Waals surface area contributed by atoms with E-state index in [0.717, 1.165) is 31.6 Å². The Bertz CT molecular complexity index is 714. The van der Waals surface area contributed by atoms with Gasteiger partial charge in [-0.15, -0.1) is 0 Å². The summed E-state index contributed by atoms with van der Waals surface area (Å²) in [5.74, 6) is 0.892. The van der Waals surface area contributed by atoms with Crippen molar-refractivity contribution in [2.75, 3.05) is 43.1 Å². The predicted octanol–water partition coefficient (Wildman–Crippen LogP) is 1.70. The van der Waals surface area contributed by atoms with Crippen molar-refractivity contribution in [1.82, 2.24) is 4.90 Å². The summed E-state index contributed by atoms with van der Waals surface area (Å²) in [5.41, 5.74) is 0.929. The average Bonchev–Trinajstić information content (AvgIpc) is 2.60. The Morgan fingerprint density at radius 3 is 2.64 bits per heavy atom. The number of piperidine rings is 1. The summed E-state index contributed by atoms with van der Waals surface area (Å²) in [6, 6.07) is 7.64. The molecule has 0 aliphatic carbocycles. The lowest BCUT2D eigenvalue weighted by Gasteiger charge is -2.38. The number of benzene rings is 1. The van der Waals surface area contributed by atoms with Crippen molar-refractivity contribution in [3.8, 4) is 5.75 Å². The zero-order chi connectivity index (χ0) is 17.9. The van der Waals surface area contributed by atoms with Gasteiger partial charge in [-0.1, -0.05) is 12.1 Å². The topological polar surface area (TPSA) is 66.9 Å². The number of carbonyl (C=O) groups excluding carboxylic acids is 1. The van der Waals surface area contributed by atoms with Crippen molar-refractivity contribution >= 4 is 21.4 Å². The molecule has 1 saturated heterocycles. The fourth-order valence-corrected chi connectivity index (χ4v) is 4.14. The number of hydrogen-bond acceptors (Lipinski definition) is 5. The van der Waals surface area contributed by atoms with Crippen LogP contribution in [0.5, 0.6) is 5.75 Å². The molecular weight excluding hydrogens is 340 g/mol. The van der Waals surface area contributed by atoms with Gasteiger partial charge in [0, 0.05) is 25.9 Å². The summed E-state index contributed by atoms with van der Waals surface area (Å²) in [7, 11) is -2.98. The van der Waals surface area contributed by atoms with E-state index in [4.69, 9.17) is 4.74 Å². The molecule has 1 amide bonds. The van der Waals surface area contributed by atoms with E-state index in [-0.39, 0.29) is 11.7 Å². The van der Waals surface area contributed by atoms with Crippen LogP contribution >= 0.6 is 0 Å². The number of fused-ring (bicyclic) bond motifs is 1. The Balaban J connectivity index is 1.72. The minimum Gasteiger partial charge on any atom is -0.477 e. The van der Waals surface area contributed by atoms with Crippen LogP contribution in [0.25, 0.3) is 0 Å². The van der Waals surface area contributed by atoms with Crippen LogP contribution in [-0.2, 0) is 14.6 Å². The van der Waals surface area contributed by atoms with Crippen LogP contribution < -0.4 is 9.64 Å². The third-order valence-corrected chi connectivity index (χ3v) is 5.78. The van der Waals surface area contributed by atoms with Crippen molar-refractivity contribution < 1.29 is 17.9 Å². The highest BCUT2D eigenvalue weighted by molar-refractivity contribution is 7.90. The number of amides is 1. The van der Waals surface area contributed by atoms with Crippen molar-refractivity contribution in [1.29, 1.82) is 0 Å². The number of ether oxygens (including phenoxy) is 1. The van der Waals surface area contributed by atoms with E-state index < -0.39 is 15.9 Å². The van der Waals surface area contributed by atoms with Crippen molar-refractivity contribution in [3.05, 3.63) is 24.3 Å². The van der Waals surface area contributed by atoms with Crippen molar-refractivity contribution in [2.45, 2.75) is 31.8 Å². The molecule has 2 heterocycles. The molecule has 0 bridgehead atoms. The summed E-state index contributed by atoms with van der Waals surface area (Å²) < 4.78 is 28.8. The highest BCUT2D eigenvalue weighted by Crippen LogP contribution is 2.33. The van der Waals surface area contributed by atoms with Crippen LogP contribution in [0.3, 0.4) is 0 Å². The van der Waals surface area contributed by atoms with Crippen molar-refractivity contribution in [3.63, 3.8) is 0 Å². The maximum atomic E-state index is 12.8. The number of anilines is 1. The van der Waals surface area contributed by atoms with Gasteiger partial charge in [0.2, 0.25) is 0 Å². The zero-order valence-electron chi connectivity index (χ0n) is 14.7. The number of likely N-dealkylation sites (tertiary alicyclic amines) is 1. The monoisotopic (exact) mass is 366 g/mol. The van der Waals surface area contributed by atoms with Gasteiger partial charge in [-0.2, -0.15) is 0 Å². The molecule has 0 saturated carbocycles. The number of rotatable bonds is 5. The largest absolute Gasteiger partial charge is 0.477 e. The van der Waals surface area contributed by atoms with E-state index in [1.54, 1.807) is 0 Å². The second kappa shape index (κ2) is 7.64. The first-order valence-electron chi connectivity index (χ1n) is 8.91. The van der Waals surface area contributed by atoms with E-state index in [1.807, 2.05) is 29.2 Å². The second-order valence-electron chi connectivity index (χ2n) is 6.89. The number of sulfone groups is 1. The molecule has 3 rings (SSSR count). The Morgan fingerprint density at radius 2 is 1.92 bits per heavy atom. The molecule has 0 aromatic heterocycles. The van der Waals surface area contributed by atoms with Crippen molar-refractivity contribution in [2.24, 2.45) is 0 Å². The molecule has 7 heteroatoms. The summed E-state index contributed by atoms with van der Waals surface area (Å²) in [4.78, 5) is 16.8. The fraction of sp³-hybridized carbons (Fsp3) is 0.611. The van der Waals surface area contributed by atoms with Gasteiger partial charge >= 0.3 is 0 Å². The number of hydrogen-bond donors (Lipinski definition) is 0. The van der Waals surface area contributed by atoms with Crippen LogP contribution in [0.4, 0.5) is 5.69 Å². The molecular formula is C18H26N2O4S. The lowest BCUT2D eigenvalue weighted by atomic mass is 10.1. The molecule has 6 nitrogen and oxygen atoms in total. The highest BCUT2D eigenvalue weighted by Gasteiger charge is 2.33. The molecule has 1 aromatic carbocycles. The van der Waals surface area contributed by atoms with Gasteiger partial charge in [0.05, 0.1) is 18.0 Å². The van der Waals surface area contributed by atoms with Gasteiger partial charge < -0.3 is 14.5 Å². The van der Waals surface area contributed by atoms with Gasteiger partial charge in [0.15, 0.2) is 6.10 Å². The average molecular weight is 366 g/mol. The lowest BCUT2D eigenvalue weighted by molar-refractivity contribution is -0.139. The summed E-state index contributed by atoms with van der Waals surface area (Å²) in [6.45, 7) is 2.66. The molecule has 1 aromatic rings. The first-order chi connectivity index (χ1) is 11.9. The number of nitrogens with zero attached hydrogens (tertiary/aromatic N) is 2. The predicted molar refractivity (Wildman–Crippen MR) is 97.8 cm³/mol. The van der Waals surface area contributed by atoms with Gasteiger partial charge in [0.25, 0.3) is 5.91 Å². The molecule has 1 fully saturated rings. The molecule has 138 valence electrons. The van der Waals surface area contributed by atoms with Gasteiger partial charge in [-0.25, -0.2) is 8.42 Å². The third-order valence-electron chi connectivity index (χ3n) is 4.75. The minimum absolute atomic E-state index is 0.0438. The third kappa shape index (κ3) is 4.66. The van der Waals surface area contributed by atoms with E-state index in [9.17, 15) is 13.2 Å². The molecule has 25 heavy (non-hydrogen) atoms. The molecule has 2 aliphatic rings. The first kappa shape index (κ1) is 18.0. The normalized spacial score (nSPS) is 20.8. The maximum absolute atomic E-state index is 12.8. The maximum Gasteiger partial charge on any atom is 0.265 e. The quantitative estimate of drug-likeness (QED) is 0.793. The van der Waals surface area contributed by atoms with Crippen LogP contribution in [0, 0.1) is 0 Å². The van der Waals surface area contributed by atoms with Gasteiger partial charge in [0.1, 0.15) is 15.6 Å². The molecule has 0 spiro atoms. The van der Waals surface area contributed by atoms with E-state index in [0.29, 0.717) is 25.3 Å². The number of para-hydroxylation sites is 2.